The number of rotatable bonds is 1. The van der Waals surface area contributed by atoms with E-state index in [0.717, 1.165) is 0 Å². The molecule has 1 rings (SSSR count). The second-order valence-electron chi connectivity index (χ2n) is 1.97. The lowest BCUT2D eigenvalue weighted by Gasteiger charge is -1.97. The molecule has 6 heteroatoms. The van der Waals surface area contributed by atoms with Crippen LogP contribution < -0.4 is 5.56 Å². The van der Waals surface area contributed by atoms with Gasteiger partial charge in [0.25, 0.3) is 5.56 Å². The molecule has 0 radical (unpaired) electrons. The Bertz CT molecular complexity index is 387. The van der Waals surface area contributed by atoms with Crippen molar-refractivity contribution in [1.29, 1.82) is 0 Å². The van der Waals surface area contributed by atoms with E-state index >= 15 is 0 Å². The van der Waals surface area contributed by atoms with Crippen LogP contribution >= 0.6 is 27.5 Å². The van der Waals surface area contributed by atoms with Crippen LogP contribution in [-0.2, 0) is 0 Å². The van der Waals surface area contributed by atoms with E-state index in [1.54, 1.807) is 0 Å². The van der Waals surface area contributed by atoms with Crippen LogP contribution in [0, 0.1) is 0 Å². The molecule has 0 aliphatic rings. The molecule has 4 nitrogen and oxygen atoms in total. The molecule has 0 atom stereocenters. The summed E-state index contributed by atoms with van der Waals surface area (Å²) in [5.74, 6) is -1.26. The minimum atomic E-state index is -1.26. The van der Waals surface area contributed by atoms with Crippen LogP contribution in [0.2, 0.25) is 5.02 Å². The summed E-state index contributed by atoms with van der Waals surface area (Å²) in [6.07, 6.45) is 0. The van der Waals surface area contributed by atoms with Gasteiger partial charge in [0.2, 0.25) is 0 Å². The number of carboxylic acids is 1. The summed E-state index contributed by atoms with van der Waals surface area (Å²) in [5, 5.41) is 8.51. The predicted molar refractivity (Wildman–Crippen MR) is 46.7 cm³/mol. The lowest BCUT2D eigenvalue weighted by Crippen LogP contribution is -2.13. The Morgan fingerprint density at radius 1 is 1.67 bits per heavy atom. The number of nitrogens with one attached hydrogen (secondary N) is 1. The number of hydrogen-bond acceptors (Lipinski definition) is 2. The zero-order chi connectivity index (χ0) is 9.30. The van der Waals surface area contributed by atoms with Gasteiger partial charge in [0.1, 0.15) is 5.69 Å². The lowest BCUT2D eigenvalue weighted by molar-refractivity contribution is 0.0690. The topological polar surface area (TPSA) is 70.2 Å². The molecule has 0 fully saturated rings. The fraction of sp³-hybridized carbons (Fsp3) is 0. The summed E-state index contributed by atoms with van der Waals surface area (Å²) in [4.78, 5) is 23.4. The summed E-state index contributed by atoms with van der Waals surface area (Å²) in [6.45, 7) is 0. The van der Waals surface area contributed by atoms with Crippen molar-refractivity contribution in [1.82, 2.24) is 4.98 Å². The third-order valence-electron chi connectivity index (χ3n) is 1.16. The first-order chi connectivity index (χ1) is 5.52. The monoisotopic (exact) mass is 251 g/mol. The second-order valence-corrected chi connectivity index (χ2v) is 3.24. The SMILES string of the molecule is O=C(O)c1[nH]c(=O)c(Br)cc1Cl. The van der Waals surface area contributed by atoms with E-state index in [1.807, 2.05) is 0 Å². The average molecular weight is 252 g/mol. The van der Waals surface area contributed by atoms with Crippen molar-refractivity contribution in [3.05, 3.63) is 31.6 Å². The van der Waals surface area contributed by atoms with E-state index < -0.39 is 11.5 Å². The van der Waals surface area contributed by atoms with E-state index in [0.29, 0.717) is 0 Å². The van der Waals surface area contributed by atoms with E-state index in [2.05, 4.69) is 20.9 Å². The first-order valence-corrected chi connectivity index (χ1v) is 4.01. The highest BCUT2D eigenvalue weighted by atomic mass is 79.9. The molecule has 0 spiro atoms. The highest BCUT2D eigenvalue weighted by Crippen LogP contribution is 2.15. The van der Waals surface area contributed by atoms with E-state index in [4.69, 9.17) is 16.7 Å². The van der Waals surface area contributed by atoms with Gasteiger partial charge in [0.15, 0.2) is 0 Å². The van der Waals surface area contributed by atoms with Crippen molar-refractivity contribution in [2.24, 2.45) is 0 Å². The Labute approximate surface area is 80.3 Å². The third-order valence-corrected chi connectivity index (χ3v) is 2.05. The Balaban J connectivity index is 3.43. The van der Waals surface area contributed by atoms with Crippen LogP contribution in [0.15, 0.2) is 15.3 Å². The Kier molecular flexibility index (Phi) is 2.54. The van der Waals surface area contributed by atoms with Crippen molar-refractivity contribution in [3.63, 3.8) is 0 Å². The number of carbonyl (C=O) groups is 1. The van der Waals surface area contributed by atoms with E-state index in [-0.39, 0.29) is 15.2 Å². The Morgan fingerprint density at radius 2 is 2.25 bits per heavy atom. The number of pyridine rings is 1. The highest BCUT2D eigenvalue weighted by molar-refractivity contribution is 9.10. The van der Waals surface area contributed by atoms with Crippen molar-refractivity contribution in [3.8, 4) is 0 Å². The van der Waals surface area contributed by atoms with Crippen LogP contribution in [0.25, 0.3) is 0 Å². The molecule has 64 valence electrons. The van der Waals surface area contributed by atoms with Crippen molar-refractivity contribution in [2.75, 3.05) is 0 Å². The Morgan fingerprint density at radius 3 is 2.75 bits per heavy atom. The summed E-state index contributed by atoms with van der Waals surface area (Å²) in [5.41, 5.74) is -0.818. The second kappa shape index (κ2) is 3.28. The maximum absolute atomic E-state index is 10.9. The molecule has 0 amide bonds. The van der Waals surface area contributed by atoms with Crippen LogP contribution in [0.4, 0.5) is 0 Å². The fourth-order valence-corrected chi connectivity index (χ4v) is 1.33. The van der Waals surface area contributed by atoms with Gasteiger partial charge in [0.05, 0.1) is 9.50 Å². The van der Waals surface area contributed by atoms with Gasteiger partial charge in [-0.25, -0.2) is 4.79 Å². The number of carboxylic acid groups (broad SMARTS) is 1. The lowest BCUT2D eigenvalue weighted by atomic mass is 10.3. The molecule has 1 aromatic rings. The molecule has 1 heterocycles. The van der Waals surface area contributed by atoms with Gasteiger partial charge in [-0.3, -0.25) is 4.79 Å². The van der Waals surface area contributed by atoms with Gasteiger partial charge in [-0.15, -0.1) is 0 Å². The Hall–Kier alpha value is -0.810. The quantitative estimate of drug-likeness (QED) is 0.795. The van der Waals surface area contributed by atoms with Crippen LogP contribution in [-0.4, -0.2) is 16.1 Å². The zero-order valence-corrected chi connectivity index (χ0v) is 7.94. The van der Waals surface area contributed by atoms with Crippen molar-refractivity contribution < 1.29 is 9.90 Å². The van der Waals surface area contributed by atoms with Crippen molar-refractivity contribution >= 4 is 33.5 Å². The number of aromatic amines is 1. The molecule has 0 aliphatic heterocycles. The van der Waals surface area contributed by atoms with E-state index in [1.165, 1.54) is 6.07 Å². The summed E-state index contributed by atoms with van der Waals surface area (Å²) in [7, 11) is 0. The van der Waals surface area contributed by atoms with Gasteiger partial charge in [-0.05, 0) is 22.0 Å². The minimum Gasteiger partial charge on any atom is -0.477 e. The van der Waals surface area contributed by atoms with Gasteiger partial charge in [-0.1, -0.05) is 11.6 Å². The number of H-pyrrole nitrogens is 1. The molecule has 0 saturated carbocycles. The maximum Gasteiger partial charge on any atom is 0.353 e. The summed E-state index contributed by atoms with van der Waals surface area (Å²) < 4.78 is 0.206. The van der Waals surface area contributed by atoms with E-state index in [9.17, 15) is 9.59 Å². The van der Waals surface area contributed by atoms with Crippen LogP contribution in [0.5, 0.6) is 0 Å². The fourth-order valence-electron chi connectivity index (χ4n) is 0.638. The molecule has 0 bridgehead atoms. The first-order valence-electron chi connectivity index (χ1n) is 2.84. The minimum absolute atomic E-state index is 0.00558. The average Bonchev–Trinajstić information content (AvgIpc) is 1.96. The molecule has 2 N–H and O–H groups in total. The smallest absolute Gasteiger partial charge is 0.353 e. The van der Waals surface area contributed by atoms with Gasteiger partial charge < -0.3 is 10.1 Å². The standard InChI is InChI=1S/C6H3BrClNO3/c7-2-1-3(8)4(6(11)12)9-5(2)10/h1H,(H,9,10)(H,11,12). The molecule has 0 aromatic carbocycles. The molecule has 12 heavy (non-hydrogen) atoms. The zero-order valence-electron chi connectivity index (χ0n) is 5.60. The highest BCUT2D eigenvalue weighted by Gasteiger charge is 2.10. The molecule has 0 aliphatic carbocycles. The van der Waals surface area contributed by atoms with Gasteiger partial charge in [-0.2, -0.15) is 0 Å². The normalized spacial score (nSPS) is 9.83. The van der Waals surface area contributed by atoms with Gasteiger partial charge >= 0.3 is 5.97 Å². The molecular weight excluding hydrogens is 249 g/mol. The summed E-state index contributed by atoms with van der Waals surface area (Å²) >= 11 is 8.42. The number of aromatic nitrogens is 1. The van der Waals surface area contributed by atoms with Crippen LogP contribution in [0.1, 0.15) is 10.5 Å². The first kappa shape index (κ1) is 9.28. The molecule has 1 aromatic heterocycles. The predicted octanol–water partition coefficient (Wildman–Crippen LogP) is 1.49. The van der Waals surface area contributed by atoms with Gasteiger partial charge in [0, 0.05) is 0 Å². The number of hydrogen-bond donors (Lipinski definition) is 2. The number of halogens is 2. The maximum atomic E-state index is 10.9. The van der Waals surface area contributed by atoms with Crippen LogP contribution in [0.3, 0.4) is 0 Å². The summed E-state index contributed by atoms with van der Waals surface area (Å²) in [6, 6.07) is 1.24. The largest absolute Gasteiger partial charge is 0.477 e. The molecule has 0 unspecified atom stereocenters. The van der Waals surface area contributed by atoms with Crippen molar-refractivity contribution in [2.45, 2.75) is 0 Å². The molecular formula is C6H3BrClNO3. The third kappa shape index (κ3) is 1.67. The molecule has 0 saturated heterocycles. The number of aromatic carboxylic acids is 1.